The fraction of sp³-hybridized carbons (Fsp3) is 0. The molecule has 62 heavy (non-hydrogen) atoms. The van der Waals surface area contributed by atoms with E-state index in [1.165, 1.54) is 108 Å². The molecular formula is C58H36N2S2. The predicted octanol–water partition coefficient (Wildman–Crippen LogP) is 17.5. The van der Waals surface area contributed by atoms with Crippen LogP contribution in [0.25, 0.3) is 65.3 Å². The van der Waals surface area contributed by atoms with Crippen LogP contribution in [0.5, 0.6) is 0 Å². The summed E-state index contributed by atoms with van der Waals surface area (Å²) in [5.74, 6) is 0. The lowest BCUT2D eigenvalue weighted by Gasteiger charge is -2.34. The van der Waals surface area contributed by atoms with E-state index in [1.54, 1.807) is 0 Å². The molecule has 0 atom stereocenters. The summed E-state index contributed by atoms with van der Waals surface area (Å²) in [6.07, 6.45) is 0. The number of fused-ring (bicyclic) bond motifs is 12. The van der Waals surface area contributed by atoms with Crippen molar-refractivity contribution < 1.29 is 0 Å². The summed E-state index contributed by atoms with van der Waals surface area (Å²) < 4.78 is 0. The van der Waals surface area contributed by atoms with Crippen molar-refractivity contribution >= 4 is 101 Å². The number of hydrogen-bond acceptors (Lipinski definition) is 4. The van der Waals surface area contributed by atoms with Crippen LogP contribution in [0.3, 0.4) is 0 Å². The third-order valence-corrected chi connectivity index (χ3v) is 14.9. The van der Waals surface area contributed by atoms with Gasteiger partial charge >= 0.3 is 0 Å². The average Bonchev–Trinajstić information content (AvgIpc) is 3.35. The molecule has 0 amide bonds. The molecule has 0 radical (unpaired) electrons. The Morgan fingerprint density at radius 2 is 0.742 bits per heavy atom. The van der Waals surface area contributed by atoms with Crippen molar-refractivity contribution in [2.45, 2.75) is 19.6 Å². The Morgan fingerprint density at radius 1 is 0.258 bits per heavy atom. The molecule has 13 rings (SSSR count). The van der Waals surface area contributed by atoms with Crippen molar-refractivity contribution in [3.05, 3.63) is 218 Å². The summed E-state index contributed by atoms with van der Waals surface area (Å²) in [7, 11) is 0. The summed E-state index contributed by atoms with van der Waals surface area (Å²) in [5.41, 5.74) is 11.9. The number of rotatable bonds is 4. The van der Waals surface area contributed by atoms with Crippen LogP contribution in [-0.4, -0.2) is 0 Å². The Bertz CT molecular complexity index is 3560. The van der Waals surface area contributed by atoms with Gasteiger partial charge in [-0.15, -0.1) is 0 Å². The second-order valence-corrected chi connectivity index (χ2v) is 18.2. The van der Waals surface area contributed by atoms with Crippen molar-refractivity contribution in [1.82, 2.24) is 0 Å². The number of hydrogen-bond donors (Lipinski definition) is 0. The molecule has 11 aromatic carbocycles. The van der Waals surface area contributed by atoms with Gasteiger partial charge in [-0.2, -0.15) is 0 Å². The molecule has 0 aliphatic carbocycles. The normalized spacial score (nSPS) is 13.0. The Kier molecular flexibility index (Phi) is 8.12. The molecule has 0 aromatic heterocycles. The smallest absolute Gasteiger partial charge is 0.0608 e. The van der Waals surface area contributed by atoms with Gasteiger partial charge in [-0.05, 0) is 138 Å². The minimum atomic E-state index is 1.14. The maximum atomic E-state index is 2.44. The minimum absolute atomic E-state index is 1.14. The van der Waals surface area contributed by atoms with E-state index in [1.807, 2.05) is 23.5 Å². The first-order chi connectivity index (χ1) is 30.7. The summed E-state index contributed by atoms with van der Waals surface area (Å²) in [4.78, 5) is 9.92. The van der Waals surface area contributed by atoms with E-state index >= 15 is 0 Å². The number of benzene rings is 11. The van der Waals surface area contributed by atoms with Crippen molar-refractivity contribution in [3.8, 4) is 22.3 Å². The molecule has 290 valence electrons. The number of nitrogens with zero attached hydrogens (tertiary/aromatic N) is 2. The van der Waals surface area contributed by atoms with E-state index < -0.39 is 0 Å². The molecule has 2 aliphatic heterocycles. The van der Waals surface area contributed by atoms with Crippen molar-refractivity contribution in [2.24, 2.45) is 0 Å². The molecule has 4 heteroatoms. The highest BCUT2D eigenvalue weighted by Gasteiger charge is 2.29. The topological polar surface area (TPSA) is 6.48 Å². The minimum Gasteiger partial charge on any atom is -0.308 e. The highest BCUT2D eigenvalue weighted by Crippen LogP contribution is 2.56. The molecule has 0 bridgehead atoms. The zero-order valence-corrected chi connectivity index (χ0v) is 35.1. The fourth-order valence-electron chi connectivity index (χ4n) is 9.67. The van der Waals surface area contributed by atoms with E-state index in [0.717, 1.165) is 11.4 Å². The SMILES string of the molecule is c1ccc(N2c3cc(-c4ccc5c(c4)N(c4ccc(-c6ccc7c8ccccc8c8ccccc8c7c6)cc4)c4ccccc4S5)ccc3Sc3c2ccc2ccccc32)cc1. The van der Waals surface area contributed by atoms with E-state index in [2.05, 4.69) is 228 Å². The average molecular weight is 825 g/mol. The quantitative estimate of drug-likeness (QED) is 0.163. The van der Waals surface area contributed by atoms with Gasteiger partial charge in [0.2, 0.25) is 0 Å². The third-order valence-electron chi connectivity index (χ3n) is 12.6. The first kappa shape index (κ1) is 35.5. The van der Waals surface area contributed by atoms with Crippen LogP contribution in [0.1, 0.15) is 0 Å². The van der Waals surface area contributed by atoms with E-state index in [4.69, 9.17) is 0 Å². The molecule has 0 unspecified atom stereocenters. The van der Waals surface area contributed by atoms with Crippen molar-refractivity contribution in [2.75, 3.05) is 9.80 Å². The fourth-order valence-corrected chi connectivity index (χ4v) is 11.9. The van der Waals surface area contributed by atoms with Crippen molar-refractivity contribution in [3.63, 3.8) is 0 Å². The lowest BCUT2D eigenvalue weighted by Crippen LogP contribution is -2.15. The van der Waals surface area contributed by atoms with E-state index in [9.17, 15) is 0 Å². The zero-order chi connectivity index (χ0) is 40.7. The lowest BCUT2D eigenvalue weighted by molar-refractivity contribution is 1.16. The standard InChI is InChI=1S/C58H36N2S2/c1-2-13-42(14-3-1)60-52-31-25-38-12-4-5-15-44(38)58(52)62-57-33-27-41(36-54(57)60)40-26-32-56-53(35-40)59(51-20-10-11-21-55(51)61-56)43-28-22-37(23-29-43)39-24-30-49-47-18-7-6-16-45(47)46-17-8-9-19-48(46)50(49)34-39/h1-36H. The molecule has 0 saturated carbocycles. The summed E-state index contributed by atoms with van der Waals surface area (Å²) >= 11 is 3.72. The largest absolute Gasteiger partial charge is 0.308 e. The van der Waals surface area contributed by atoms with E-state index in [-0.39, 0.29) is 0 Å². The zero-order valence-electron chi connectivity index (χ0n) is 33.5. The predicted molar refractivity (Wildman–Crippen MR) is 265 cm³/mol. The van der Waals surface area contributed by atoms with Crippen LogP contribution in [0.2, 0.25) is 0 Å². The molecule has 2 aliphatic rings. The van der Waals surface area contributed by atoms with Gasteiger partial charge in [0.1, 0.15) is 0 Å². The summed E-state index contributed by atoms with van der Waals surface area (Å²) in [5, 5.41) is 10.3. The molecule has 0 saturated heterocycles. The Hall–Kier alpha value is -7.24. The second-order valence-electron chi connectivity index (χ2n) is 16.1. The molecule has 0 N–H and O–H groups in total. The van der Waals surface area contributed by atoms with Crippen LogP contribution in [0.15, 0.2) is 238 Å². The van der Waals surface area contributed by atoms with Gasteiger partial charge in [-0.25, -0.2) is 0 Å². The maximum Gasteiger partial charge on any atom is 0.0608 e. The highest BCUT2D eigenvalue weighted by molar-refractivity contribution is 8.00. The van der Waals surface area contributed by atoms with Crippen LogP contribution in [0.4, 0.5) is 34.1 Å². The Balaban J connectivity index is 0.903. The highest BCUT2D eigenvalue weighted by atomic mass is 32.2. The molecule has 2 nitrogen and oxygen atoms in total. The van der Waals surface area contributed by atoms with Crippen LogP contribution >= 0.6 is 23.5 Å². The molecule has 0 spiro atoms. The first-order valence-electron chi connectivity index (χ1n) is 21.1. The van der Waals surface area contributed by atoms with Crippen LogP contribution < -0.4 is 9.80 Å². The van der Waals surface area contributed by atoms with Crippen molar-refractivity contribution in [1.29, 1.82) is 0 Å². The molecule has 0 fully saturated rings. The first-order valence-corrected chi connectivity index (χ1v) is 22.7. The summed E-state index contributed by atoms with van der Waals surface area (Å²) in [6.45, 7) is 0. The molecule has 2 heterocycles. The Labute approximate surface area is 368 Å². The van der Waals surface area contributed by atoms with Gasteiger partial charge in [-0.3, -0.25) is 0 Å². The third kappa shape index (κ3) is 5.61. The number of para-hydroxylation sites is 2. The van der Waals surface area contributed by atoms with Crippen LogP contribution in [-0.2, 0) is 0 Å². The molecule has 11 aromatic rings. The number of anilines is 6. The van der Waals surface area contributed by atoms with Gasteiger partial charge < -0.3 is 9.80 Å². The van der Waals surface area contributed by atoms with Gasteiger partial charge in [-0.1, -0.05) is 169 Å². The Morgan fingerprint density at radius 3 is 1.45 bits per heavy atom. The lowest BCUT2D eigenvalue weighted by atomic mass is 9.92. The monoisotopic (exact) mass is 824 g/mol. The van der Waals surface area contributed by atoms with E-state index in [0.29, 0.717) is 0 Å². The maximum absolute atomic E-state index is 2.44. The van der Waals surface area contributed by atoms with Gasteiger partial charge in [0.05, 0.1) is 22.7 Å². The van der Waals surface area contributed by atoms with Gasteiger partial charge in [0, 0.05) is 31.0 Å². The second kappa shape index (κ2) is 14.2. The molecular weight excluding hydrogens is 789 g/mol. The van der Waals surface area contributed by atoms with Crippen LogP contribution in [0, 0.1) is 0 Å². The van der Waals surface area contributed by atoms with Gasteiger partial charge in [0.25, 0.3) is 0 Å². The summed E-state index contributed by atoms with van der Waals surface area (Å²) in [6, 6.07) is 80.5. The van der Waals surface area contributed by atoms with Gasteiger partial charge in [0.15, 0.2) is 0 Å².